The molecule has 0 atom stereocenters. The normalized spacial score (nSPS) is 10.3. The zero-order chi connectivity index (χ0) is 13.1. The average molecular weight is 268 g/mol. The van der Waals surface area contributed by atoms with Crippen LogP contribution in [0.3, 0.4) is 0 Å². The molecule has 0 radical (unpaired) electrons. The first-order valence-corrected chi connectivity index (χ1v) is 5.49. The maximum atomic E-state index is 11.6. The standard InChI is InChI=1S/C12H10ClNO4/c13-9-3-1-8(2-4-9)7-12(17)18-14-10(15)5-6-11(14)16/h1-6,15-16H,7H2. The topological polar surface area (TPSA) is 71.7 Å². The summed E-state index contributed by atoms with van der Waals surface area (Å²) >= 11 is 5.72. The van der Waals surface area contributed by atoms with Crippen LogP contribution in [0.5, 0.6) is 11.8 Å². The molecule has 0 saturated heterocycles. The number of aromatic nitrogens is 1. The third-order valence-corrected chi connectivity index (χ3v) is 2.50. The zero-order valence-electron chi connectivity index (χ0n) is 9.21. The second-order valence-corrected chi connectivity index (χ2v) is 4.05. The van der Waals surface area contributed by atoms with E-state index in [-0.39, 0.29) is 18.2 Å². The Kier molecular flexibility index (Phi) is 3.43. The molecule has 5 nitrogen and oxygen atoms in total. The van der Waals surface area contributed by atoms with Gasteiger partial charge in [-0.1, -0.05) is 23.7 Å². The van der Waals surface area contributed by atoms with Crippen LogP contribution in [0.4, 0.5) is 0 Å². The number of benzene rings is 1. The van der Waals surface area contributed by atoms with Crippen LogP contribution < -0.4 is 4.84 Å². The summed E-state index contributed by atoms with van der Waals surface area (Å²) in [5.74, 6) is -1.31. The van der Waals surface area contributed by atoms with Crippen molar-refractivity contribution in [3.05, 3.63) is 47.0 Å². The van der Waals surface area contributed by atoms with E-state index in [9.17, 15) is 15.0 Å². The van der Waals surface area contributed by atoms with Crippen LogP contribution >= 0.6 is 11.6 Å². The van der Waals surface area contributed by atoms with E-state index >= 15 is 0 Å². The monoisotopic (exact) mass is 267 g/mol. The van der Waals surface area contributed by atoms with Gasteiger partial charge in [-0.05, 0) is 17.7 Å². The van der Waals surface area contributed by atoms with Gasteiger partial charge in [0.25, 0.3) is 0 Å². The smallest absolute Gasteiger partial charge is 0.337 e. The van der Waals surface area contributed by atoms with Crippen LogP contribution in [0.2, 0.25) is 5.02 Å². The fourth-order valence-electron chi connectivity index (χ4n) is 1.40. The van der Waals surface area contributed by atoms with E-state index in [1.54, 1.807) is 24.3 Å². The molecule has 0 bridgehead atoms. The Morgan fingerprint density at radius 3 is 2.22 bits per heavy atom. The molecular formula is C12H10ClNO4. The number of hydrogen-bond acceptors (Lipinski definition) is 4. The number of hydrogen-bond donors (Lipinski definition) is 2. The predicted molar refractivity (Wildman–Crippen MR) is 64.5 cm³/mol. The molecule has 1 aromatic carbocycles. The van der Waals surface area contributed by atoms with Crippen molar-refractivity contribution in [2.75, 3.05) is 0 Å². The molecule has 2 rings (SSSR count). The third-order valence-electron chi connectivity index (χ3n) is 2.25. The Morgan fingerprint density at radius 1 is 1.11 bits per heavy atom. The Morgan fingerprint density at radius 2 is 1.67 bits per heavy atom. The molecule has 0 aliphatic rings. The quantitative estimate of drug-likeness (QED) is 0.889. The lowest BCUT2D eigenvalue weighted by molar-refractivity contribution is -0.144. The second-order valence-electron chi connectivity index (χ2n) is 3.61. The van der Waals surface area contributed by atoms with Gasteiger partial charge < -0.3 is 15.1 Å². The van der Waals surface area contributed by atoms with Crippen LogP contribution in [0, 0.1) is 0 Å². The summed E-state index contributed by atoms with van der Waals surface area (Å²) in [5, 5.41) is 19.2. The molecule has 0 spiro atoms. The fraction of sp³-hybridized carbons (Fsp3) is 0.0833. The zero-order valence-corrected chi connectivity index (χ0v) is 9.96. The summed E-state index contributed by atoms with van der Waals surface area (Å²) in [6.45, 7) is 0. The lowest BCUT2D eigenvalue weighted by atomic mass is 10.2. The minimum atomic E-state index is -0.612. The van der Waals surface area contributed by atoms with E-state index in [2.05, 4.69) is 0 Å². The predicted octanol–water partition coefficient (Wildman–Crippen LogP) is 1.75. The van der Waals surface area contributed by atoms with E-state index in [0.29, 0.717) is 9.75 Å². The van der Waals surface area contributed by atoms with Crippen molar-refractivity contribution in [1.82, 2.24) is 4.73 Å². The molecule has 0 fully saturated rings. The van der Waals surface area contributed by atoms with Crippen LogP contribution in [0.1, 0.15) is 5.56 Å². The first-order chi connectivity index (χ1) is 8.56. The van der Waals surface area contributed by atoms with Gasteiger partial charge in [0.15, 0.2) is 0 Å². The molecule has 18 heavy (non-hydrogen) atoms. The Bertz CT molecular complexity index is 542. The Balaban J connectivity index is 2.03. The third kappa shape index (κ3) is 2.75. The van der Waals surface area contributed by atoms with Crippen LogP contribution in [0.15, 0.2) is 36.4 Å². The van der Waals surface area contributed by atoms with Crippen molar-refractivity contribution >= 4 is 17.6 Å². The highest BCUT2D eigenvalue weighted by molar-refractivity contribution is 6.30. The largest absolute Gasteiger partial charge is 0.492 e. The van der Waals surface area contributed by atoms with Gasteiger partial charge in [0.2, 0.25) is 11.8 Å². The minimum Gasteiger partial charge on any atom is -0.492 e. The van der Waals surface area contributed by atoms with Crippen molar-refractivity contribution in [2.24, 2.45) is 0 Å². The van der Waals surface area contributed by atoms with E-state index in [1.165, 1.54) is 12.1 Å². The molecule has 0 aliphatic carbocycles. The molecule has 0 unspecified atom stereocenters. The molecule has 2 N–H and O–H groups in total. The summed E-state index contributed by atoms with van der Waals surface area (Å²) in [4.78, 5) is 16.4. The van der Waals surface area contributed by atoms with Gasteiger partial charge in [-0.2, -0.15) is 0 Å². The van der Waals surface area contributed by atoms with Gasteiger partial charge in [0.1, 0.15) is 0 Å². The molecule has 2 aromatic rings. The molecule has 0 aliphatic heterocycles. The van der Waals surface area contributed by atoms with Crippen molar-refractivity contribution in [2.45, 2.75) is 6.42 Å². The van der Waals surface area contributed by atoms with Gasteiger partial charge in [-0.25, -0.2) is 4.79 Å². The van der Waals surface area contributed by atoms with E-state index in [4.69, 9.17) is 16.4 Å². The maximum Gasteiger partial charge on any atom is 0.337 e. The number of aromatic hydroxyl groups is 2. The number of carbonyl (C=O) groups is 1. The molecule has 94 valence electrons. The number of halogens is 1. The molecule has 6 heteroatoms. The van der Waals surface area contributed by atoms with Crippen LogP contribution in [0.25, 0.3) is 0 Å². The summed E-state index contributed by atoms with van der Waals surface area (Å²) < 4.78 is 0.651. The highest BCUT2D eigenvalue weighted by Gasteiger charge is 2.12. The number of rotatable bonds is 3. The SMILES string of the molecule is O=C(Cc1ccc(Cl)cc1)On1c(O)ccc1O. The molecule has 1 heterocycles. The first-order valence-electron chi connectivity index (χ1n) is 5.11. The Labute approximate surface area is 108 Å². The van der Waals surface area contributed by atoms with Crippen molar-refractivity contribution in [1.29, 1.82) is 0 Å². The molecule has 0 saturated carbocycles. The van der Waals surface area contributed by atoms with E-state index in [1.807, 2.05) is 0 Å². The first kappa shape index (κ1) is 12.3. The highest BCUT2D eigenvalue weighted by Crippen LogP contribution is 2.19. The van der Waals surface area contributed by atoms with Crippen molar-refractivity contribution in [3.8, 4) is 11.8 Å². The van der Waals surface area contributed by atoms with E-state index in [0.717, 1.165) is 5.56 Å². The molecular weight excluding hydrogens is 258 g/mol. The van der Waals surface area contributed by atoms with Gasteiger partial charge in [-0.3, -0.25) is 0 Å². The van der Waals surface area contributed by atoms with E-state index < -0.39 is 5.97 Å². The van der Waals surface area contributed by atoms with Gasteiger partial charge in [0.05, 0.1) is 6.42 Å². The highest BCUT2D eigenvalue weighted by atomic mass is 35.5. The second kappa shape index (κ2) is 5.01. The van der Waals surface area contributed by atoms with Crippen LogP contribution in [-0.2, 0) is 11.2 Å². The summed E-state index contributed by atoms with van der Waals surface area (Å²) in [7, 11) is 0. The summed E-state index contributed by atoms with van der Waals surface area (Å²) in [5.41, 5.74) is 0.718. The van der Waals surface area contributed by atoms with Gasteiger partial charge in [0, 0.05) is 17.2 Å². The van der Waals surface area contributed by atoms with Gasteiger partial charge in [-0.15, -0.1) is 4.73 Å². The maximum absolute atomic E-state index is 11.6. The summed E-state index contributed by atoms with van der Waals surface area (Å²) in [6, 6.07) is 9.14. The minimum absolute atomic E-state index is 0.00816. The lowest BCUT2D eigenvalue weighted by Gasteiger charge is -2.06. The summed E-state index contributed by atoms with van der Waals surface area (Å²) in [6.07, 6.45) is 0.00816. The van der Waals surface area contributed by atoms with Gasteiger partial charge >= 0.3 is 5.97 Å². The molecule has 1 aromatic heterocycles. The van der Waals surface area contributed by atoms with Crippen molar-refractivity contribution in [3.63, 3.8) is 0 Å². The number of nitrogens with zero attached hydrogens (tertiary/aromatic N) is 1. The van der Waals surface area contributed by atoms with Crippen LogP contribution in [-0.4, -0.2) is 20.9 Å². The average Bonchev–Trinajstić information content (AvgIpc) is 2.64. The van der Waals surface area contributed by atoms with Crippen molar-refractivity contribution < 1.29 is 19.8 Å². The fourth-order valence-corrected chi connectivity index (χ4v) is 1.52. The number of carbonyl (C=O) groups excluding carboxylic acids is 1. The lowest BCUT2D eigenvalue weighted by Crippen LogP contribution is -2.20. The molecule has 0 amide bonds. The Hall–Kier alpha value is -2.14.